The Labute approximate surface area is 119 Å². The Morgan fingerprint density at radius 1 is 1.25 bits per heavy atom. The second kappa shape index (κ2) is 5.05. The molecule has 2 aromatic heterocycles. The number of hydrogen-bond donors (Lipinski definition) is 1. The van der Waals surface area contributed by atoms with Crippen LogP contribution in [0.3, 0.4) is 0 Å². The molecule has 0 spiro atoms. The van der Waals surface area contributed by atoms with Crippen LogP contribution in [-0.2, 0) is 6.54 Å². The molecule has 5 nitrogen and oxygen atoms in total. The third kappa shape index (κ3) is 2.16. The maximum atomic E-state index is 6.02. The molecule has 0 saturated carbocycles. The van der Waals surface area contributed by atoms with Gasteiger partial charge in [0.05, 0.1) is 5.39 Å². The fraction of sp³-hybridized carbons (Fsp3) is 0.600. The van der Waals surface area contributed by atoms with E-state index < -0.39 is 0 Å². The topological polar surface area (TPSA) is 60.0 Å². The van der Waals surface area contributed by atoms with Crippen molar-refractivity contribution in [1.82, 2.24) is 19.4 Å². The van der Waals surface area contributed by atoms with Crippen molar-refractivity contribution >= 4 is 16.9 Å². The minimum atomic E-state index is 0.595. The summed E-state index contributed by atoms with van der Waals surface area (Å²) < 4.78 is 2.33. The Morgan fingerprint density at radius 2 is 1.95 bits per heavy atom. The maximum Gasteiger partial charge on any atom is 0.145 e. The van der Waals surface area contributed by atoms with Crippen LogP contribution in [0.15, 0.2) is 6.33 Å². The standard InChI is InChI=1S/C15H23N5/c1-10-11(2)20(8-12-4-6-19(3)7-5-12)15-13(10)14(16)17-9-18-15/h9,12H,4-8H2,1-3H3,(H2,16,17,18). The predicted octanol–water partition coefficient (Wildman–Crippen LogP) is 1.97. The van der Waals surface area contributed by atoms with Crippen LogP contribution in [0, 0.1) is 19.8 Å². The molecular formula is C15H23N5. The molecule has 0 aromatic carbocycles. The zero-order valence-electron chi connectivity index (χ0n) is 12.6. The van der Waals surface area contributed by atoms with Gasteiger partial charge in [-0.1, -0.05) is 0 Å². The SMILES string of the molecule is Cc1c(C)n(CC2CCN(C)CC2)c2ncnc(N)c12. The fourth-order valence-corrected chi connectivity index (χ4v) is 3.22. The predicted molar refractivity (Wildman–Crippen MR) is 81.6 cm³/mol. The number of nitrogen functional groups attached to an aromatic ring is 1. The lowest BCUT2D eigenvalue weighted by atomic mass is 9.97. The van der Waals surface area contributed by atoms with Gasteiger partial charge in [-0.25, -0.2) is 9.97 Å². The molecule has 1 saturated heterocycles. The largest absolute Gasteiger partial charge is 0.383 e. The summed E-state index contributed by atoms with van der Waals surface area (Å²) in [5.74, 6) is 1.33. The molecule has 3 rings (SSSR count). The van der Waals surface area contributed by atoms with Crippen LogP contribution in [0.5, 0.6) is 0 Å². The van der Waals surface area contributed by atoms with Crippen molar-refractivity contribution in [2.45, 2.75) is 33.2 Å². The summed E-state index contributed by atoms with van der Waals surface area (Å²) in [7, 11) is 2.20. The van der Waals surface area contributed by atoms with Crippen molar-refractivity contribution in [2.75, 3.05) is 25.9 Å². The number of aryl methyl sites for hydroxylation is 1. The van der Waals surface area contributed by atoms with Gasteiger partial charge in [0, 0.05) is 12.2 Å². The van der Waals surface area contributed by atoms with E-state index in [9.17, 15) is 0 Å². The highest BCUT2D eigenvalue weighted by Crippen LogP contribution is 2.29. The summed E-state index contributed by atoms with van der Waals surface area (Å²) in [6.45, 7) is 7.70. The molecular weight excluding hydrogens is 250 g/mol. The highest BCUT2D eigenvalue weighted by molar-refractivity contribution is 5.90. The number of nitrogens with zero attached hydrogens (tertiary/aromatic N) is 4. The molecule has 3 heterocycles. The third-order valence-electron chi connectivity index (χ3n) is 4.71. The minimum Gasteiger partial charge on any atom is -0.383 e. The van der Waals surface area contributed by atoms with Gasteiger partial charge in [-0.3, -0.25) is 0 Å². The third-order valence-corrected chi connectivity index (χ3v) is 4.71. The summed E-state index contributed by atoms with van der Waals surface area (Å²) in [6, 6.07) is 0. The van der Waals surface area contributed by atoms with Crippen LogP contribution in [0.2, 0.25) is 0 Å². The van der Waals surface area contributed by atoms with Gasteiger partial charge in [0.2, 0.25) is 0 Å². The summed E-state index contributed by atoms with van der Waals surface area (Å²) in [5.41, 5.74) is 9.50. The van der Waals surface area contributed by atoms with Gasteiger partial charge in [0.15, 0.2) is 0 Å². The number of fused-ring (bicyclic) bond motifs is 1. The summed E-state index contributed by atoms with van der Waals surface area (Å²) in [6.07, 6.45) is 4.09. The number of anilines is 1. The van der Waals surface area contributed by atoms with E-state index in [1.165, 1.54) is 37.2 Å². The van der Waals surface area contributed by atoms with E-state index in [1.54, 1.807) is 6.33 Å². The van der Waals surface area contributed by atoms with Crippen LogP contribution in [0.25, 0.3) is 11.0 Å². The number of aromatic nitrogens is 3. The van der Waals surface area contributed by atoms with E-state index in [2.05, 4.69) is 40.3 Å². The first-order valence-electron chi connectivity index (χ1n) is 7.32. The second-order valence-corrected chi connectivity index (χ2v) is 6.03. The Balaban J connectivity index is 1.95. The van der Waals surface area contributed by atoms with Crippen molar-refractivity contribution in [3.05, 3.63) is 17.6 Å². The molecule has 1 aliphatic rings. The first kappa shape index (κ1) is 13.4. The van der Waals surface area contributed by atoms with E-state index in [1.807, 2.05) is 0 Å². The molecule has 0 aliphatic carbocycles. The molecule has 5 heteroatoms. The highest BCUT2D eigenvalue weighted by Gasteiger charge is 2.21. The zero-order valence-corrected chi connectivity index (χ0v) is 12.6. The average molecular weight is 273 g/mol. The number of likely N-dealkylation sites (tertiary alicyclic amines) is 1. The second-order valence-electron chi connectivity index (χ2n) is 6.03. The Bertz CT molecular complexity index is 623. The van der Waals surface area contributed by atoms with Gasteiger partial charge in [-0.2, -0.15) is 0 Å². The fourth-order valence-electron chi connectivity index (χ4n) is 3.22. The molecule has 0 bridgehead atoms. The Morgan fingerprint density at radius 3 is 2.65 bits per heavy atom. The smallest absolute Gasteiger partial charge is 0.145 e. The number of piperidine rings is 1. The molecule has 20 heavy (non-hydrogen) atoms. The first-order chi connectivity index (χ1) is 9.58. The van der Waals surface area contributed by atoms with Crippen molar-refractivity contribution in [2.24, 2.45) is 5.92 Å². The monoisotopic (exact) mass is 273 g/mol. The molecule has 0 radical (unpaired) electrons. The number of hydrogen-bond acceptors (Lipinski definition) is 4. The van der Waals surface area contributed by atoms with Crippen molar-refractivity contribution in [1.29, 1.82) is 0 Å². The van der Waals surface area contributed by atoms with Crippen LogP contribution in [-0.4, -0.2) is 39.6 Å². The van der Waals surface area contributed by atoms with E-state index in [-0.39, 0.29) is 0 Å². The molecule has 2 aromatic rings. The lowest BCUT2D eigenvalue weighted by Gasteiger charge is -2.29. The molecule has 1 aliphatic heterocycles. The van der Waals surface area contributed by atoms with E-state index in [0.717, 1.165) is 23.5 Å². The summed E-state index contributed by atoms with van der Waals surface area (Å²) in [5, 5.41) is 1.03. The van der Waals surface area contributed by atoms with Crippen molar-refractivity contribution in [3.63, 3.8) is 0 Å². The maximum absolute atomic E-state index is 6.02. The average Bonchev–Trinajstić information content (AvgIpc) is 2.67. The van der Waals surface area contributed by atoms with E-state index in [0.29, 0.717) is 5.82 Å². The van der Waals surface area contributed by atoms with Gasteiger partial charge < -0.3 is 15.2 Å². The molecule has 1 fully saturated rings. The quantitative estimate of drug-likeness (QED) is 0.909. The summed E-state index contributed by atoms with van der Waals surface area (Å²) >= 11 is 0. The van der Waals surface area contributed by atoms with E-state index >= 15 is 0 Å². The lowest BCUT2D eigenvalue weighted by Crippen LogP contribution is -2.32. The molecule has 0 unspecified atom stereocenters. The zero-order chi connectivity index (χ0) is 14.3. The Hall–Kier alpha value is -1.62. The van der Waals surface area contributed by atoms with Crippen LogP contribution in [0.1, 0.15) is 24.1 Å². The molecule has 108 valence electrons. The number of nitrogens with two attached hydrogens (primary N) is 1. The van der Waals surface area contributed by atoms with Gasteiger partial charge in [0.25, 0.3) is 0 Å². The van der Waals surface area contributed by atoms with Gasteiger partial charge >= 0.3 is 0 Å². The first-order valence-corrected chi connectivity index (χ1v) is 7.32. The van der Waals surface area contributed by atoms with Crippen LogP contribution < -0.4 is 5.73 Å². The highest BCUT2D eigenvalue weighted by atomic mass is 15.1. The normalized spacial score (nSPS) is 17.9. The number of rotatable bonds is 2. The van der Waals surface area contributed by atoms with Crippen molar-refractivity contribution in [3.8, 4) is 0 Å². The van der Waals surface area contributed by atoms with E-state index in [4.69, 9.17) is 5.73 Å². The Kier molecular flexibility index (Phi) is 3.38. The molecule has 0 amide bonds. The van der Waals surface area contributed by atoms with Crippen LogP contribution in [0.4, 0.5) is 5.82 Å². The van der Waals surface area contributed by atoms with Gasteiger partial charge in [-0.15, -0.1) is 0 Å². The van der Waals surface area contributed by atoms with Gasteiger partial charge in [-0.05, 0) is 58.3 Å². The lowest BCUT2D eigenvalue weighted by molar-refractivity contribution is 0.205. The van der Waals surface area contributed by atoms with Crippen molar-refractivity contribution < 1.29 is 0 Å². The minimum absolute atomic E-state index is 0.595. The van der Waals surface area contributed by atoms with Crippen LogP contribution >= 0.6 is 0 Å². The van der Waals surface area contributed by atoms with Gasteiger partial charge in [0.1, 0.15) is 17.8 Å². The molecule has 0 atom stereocenters. The summed E-state index contributed by atoms with van der Waals surface area (Å²) in [4.78, 5) is 11.0. The molecule has 2 N–H and O–H groups in total.